The molecule has 5 rings (SSSR count). The SMILES string of the molecule is C=C1[C@H](O)[C@]23C[C@@]1(O)CC[C@H]2[C@@]12C=C[C@H](O)[C@](C)(C(=O)O1)[C@H]2[C@@H]3C(=O)OC. The highest BCUT2D eigenvalue weighted by molar-refractivity contribution is 5.87. The zero-order valence-electron chi connectivity index (χ0n) is 15.3. The maximum Gasteiger partial charge on any atom is 0.316 e. The minimum Gasteiger partial charge on any atom is -0.469 e. The van der Waals surface area contributed by atoms with E-state index in [4.69, 9.17) is 9.47 Å². The normalized spacial score (nSPS) is 57.3. The molecule has 7 heteroatoms. The summed E-state index contributed by atoms with van der Waals surface area (Å²) in [6, 6.07) is 0. The van der Waals surface area contributed by atoms with E-state index in [0.717, 1.165) is 0 Å². The Morgan fingerprint density at radius 2 is 2.11 bits per heavy atom. The number of aliphatic hydroxyl groups excluding tert-OH is 2. The molecule has 0 aromatic rings. The van der Waals surface area contributed by atoms with Crippen molar-refractivity contribution in [2.45, 2.75) is 49.6 Å². The highest BCUT2D eigenvalue weighted by atomic mass is 16.6. The lowest BCUT2D eigenvalue weighted by Crippen LogP contribution is -2.52. The number of carbonyl (C=O) groups excluding carboxylic acids is 2. The van der Waals surface area contributed by atoms with Crippen molar-refractivity contribution in [2.24, 2.45) is 28.6 Å². The van der Waals surface area contributed by atoms with Crippen LogP contribution in [-0.2, 0) is 19.1 Å². The summed E-state index contributed by atoms with van der Waals surface area (Å²) < 4.78 is 11.0. The van der Waals surface area contributed by atoms with Crippen LogP contribution in [-0.4, -0.2) is 57.8 Å². The third kappa shape index (κ3) is 1.52. The van der Waals surface area contributed by atoms with E-state index in [0.29, 0.717) is 18.4 Å². The van der Waals surface area contributed by atoms with Gasteiger partial charge in [-0.05, 0) is 37.8 Å². The van der Waals surface area contributed by atoms with Crippen LogP contribution in [0, 0.1) is 28.6 Å². The lowest BCUT2D eigenvalue weighted by Gasteiger charge is -2.45. The monoisotopic (exact) mass is 376 g/mol. The van der Waals surface area contributed by atoms with Gasteiger partial charge in [0.05, 0.1) is 30.8 Å². The second-order valence-electron chi connectivity index (χ2n) is 9.15. The molecule has 0 aromatic carbocycles. The van der Waals surface area contributed by atoms with Crippen LogP contribution < -0.4 is 0 Å². The molecule has 146 valence electrons. The van der Waals surface area contributed by atoms with Gasteiger partial charge in [0.1, 0.15) is 11.0 Å². The lowest BCUT2D eigenvalue weighted by molar-refractivity contribution is -0.169. The smallest absolute Gasteiger partial charge is 0.316 e. The van der Waals surface area contributed by atoms with Crippen LogP contribution in [0.1, 0.15) is 26.2 Å². The van der Waals surface area contributed by atoms with Gasteiger partial charge < -0.3 is 24.8 Å². The zero-order chi connectivity index (χ0) is 19.6. The first-order valence-electron chi connectivity index (χ1n) is 9.38. The Morgan fingerprint density at radius 3 is 2.78 bits per heavy atom. The summed E-state index contributed by atoms with van der Waals surface area (Å²) in [5.41, 5.74) is -4.40. The summed E-state index contributed by atoms with van der Waals surface area (Å²) in [7, 11) is 1.27. The molecule has 4 bridgehead atoms. The predicted molar refractivity (Wildman–Crippen MR) is 90.9 cm³/mol. The number of hydrogen-bond donors (Lipinski definition) is 3. The highest BCUT2D eigenvalue weighted by Crippen LogP contribution is 2.77. The molecule has 0 aromatic heterocycles. The first-order valence-corrected chi connectivity index (χ1v) is 9.38. The van der Waals surface area contributed by atoms with E-state index in [1.165, 1.54) is 7.11 Å². The average molecular weight is 376 g/mol. The molecular formula is C20H24O7. The number of esters is 2. The maximum absolute atomic E-state index is 13.0. The number of carbonyl (C=O) groups is 2. The van der Waals surface area contributed by atoms with Crippen molar-refractivity contribution in [1.82, 2.24) is 0 Å². The second-order valence-corrected chi connectivity index (χ2v) is 9.15. The van der Waals surface area contributed by atoms with Gasteiger partial charge in [0.2, 0.25) is 0 Å². The molecule has 1 aliphatic heterocycles. The molecule has 5 aliphatic rings. The fourth-order valence-electron chi connectivity index (χ4n) is 7.27. The second kappa shape index (κ2) is 4.64. The highest BCUT2D eigenvalue weighted by Gasteiger charge is 2.85. The van der Waals surface area contributed by atoms with Crippen LogP contribution in [0.25, 0.3) is 0 Å². The van der Waals surface area contributed by atoms with E-state index in [-0.39, 0.29) is 12.3 Å². The molecule has 9 atom stereocenters. The third-order valence-electron chi connectivity index (χ3n) is 8.44. The number of rotatable bonds is 1. The van der Waals surface area contributed by atoms with Crippen molar-refractivity contribution >= 4 is 11.9 Å². The van der Waals surface area contributed by atoms with Crippen LogP contribution in [0.5, 0.6) is 0 Å². The van der Waals surface area contributed by atoms with Crippen molar-refractivity contribution in [3.05, 3.63) is 24.3 Å². The molecule has 0 amide bonds. The summed E-state index contributed by atoms with van der Waals surface area (Å²) in [4.78, 5) is 25.9. The van der Waals surface area contributed by atoms with Gasteiger partial charge in [-0.2, -0.15) is 0 Å². The van der Waals surface area contributed by atoms with E-state index in [9.17, 15) is 24.9 Å². The average Bonchev–Trinajstić information content (AvgIpc) is 3.04. The zero-order valence-corrected chi connectivity index (χ0v) is 15.3. The summed E-state index contributed by atoms with van der Waals surface area (Å²) in [6.07, 6.45) is 2.06. The first kappa shape index (κ1) is 17.4. The minimum atomic E-state index is -1.32. The molecule has 3 N–H and O–H groups in total. The Balaban J connectivity index is 1.81. The van der Waals surface area contributed by atoms with Crippen molar-refractivity contribution in [1.29, 1.82) is 0 Å². The first-order chi connectivity index (χ1) is 12.6. The summed E-state index contributed by atoms with van der Waals surface area (Å²) in [6.45, 7) is 5.53. The number of methoxy groups -OCH3 is 1. The molecule has 4 aliphatic carbocycles. The number of ether oxygens (including phenoxy) is 2. The van der Waals surface area contributed by atoms with Crippen LogP contribution >= 0.6 is 0 Å². The van der Waals surface area contributed by atoms with Crippen molar-refractivity contribution < 1.29 is 34.4 Å². The molecule has 4 fully saturated rings. The van der Waals surface area contributed by atoms with Gasteiger partial charge in [-0.25, -0.2) is 0 Å². The Hall–Kier alpha value is -1.70. The summed E-state index contributed by atoms with van der Waals surface area (Å²) >= 11 is 0. The van der Waals surface area contributed by atoms with Gasteiger partial charge in [0, 0.05) is 17.3 Å². The standard InChI is InChI=1S/C20H24O7/c1-9-14(22)19-8-18(9,25)6-4-10(19)20-7-5-11(21)17(2,16(24)27-20)13(20)12(19)15(23)26-3/h5,7,10-14,21-22,25H,1,4,6,8H2,2-3H3/t10-,11+,12-,13-,14+,17+,18+,19-,20-/m1/s1. The van der Waals surface area contributed by atoms with Crippen LogP contribution in [0.15, 0.2) is 24.3 Å². The van der Waals surface area contributed by atoms with Gasteiger partial charge in [-0.3, -0.25) is 9.59 Å². The molecule has 7 nitrogen and oxygen atoms in total. The van der Waals surface area contributed by atoms with Crippen LogP contribution in [0.4, 0.5) is 0 Å². The molecule has 0 unspecified atom stereocenters. The molecule has 1 heterocycles. The van der Waals surface area contributed by atoms with Crippen molar-refractivity contribution in [3.8, 4) is 0 Å². The quantitative estimate of drug-likeness (QED) is 0.439. The van der Waals surface area contributed by atoms with Crippen molar-refractivity contribution in [3.63, 3.8) is 0 Å². The number of fused-ring (bicyclic) bond motifs is 1. The molecule has 3 saturated carbocycles. The fraction of sp³-hybridized carbons (Fsp3) is 0.700. The Bertz CT molecular complexity index is 819. The Labute approximate surface area is 156 Å². The van der Waals surface area contributed by atoms with Gasteiger partial charge in [-0.15, -0.1) is 0 Å². The molecule has 1 spiro atoms. The van der Waals surface area contributed by atoms with Gasteiger partial charge in [0.15, 0.2) is 0 Å². The largest absolute Gasteiger partial charge is 0.469 e. The van der Waals surface area contributed by atoms with E-state index in [1.54, 1.807) is 19.1 Å². The van der Waals surface area contributed by atoms with E-state index in [2.05, 4.69) is 6.58 Å². The molecule has 0 radical (unpaired) electrons. The van der Waals surface area contributed by atoms with Crippen LogP contribution in [0.2, 0.25) is 0 Å². The van der Waals surface area contributed by atoms with E-state index >= 15 is 0 Å². The van der Waals surface area contributed by atoms with Crippen molar-refractivity contribution in [2.75, 3.05) is 7.11 Å². The summed E-state index contributed by atoms with van der Waals surface area (Å²) in [5, 5.41) is 32.9. The molecule has 27 heavy (non-hydrogen) atoms. The minimum absolute atomic E-state index is 0.167. The maximum atomic E-state index is 13.0. The predicted octanol–water partition coefficient (Wildman–Crippen LogP) is 0.0863. The lowest BCUT2D eigenvalue weighted by atomic mass is 9.60. The van der Waals surface area contributed by atoms with Gasteiger partial charge in [0.25, 0.3) is 0 Å². The third-order valence-corrected chi connectivity index (χ3v) is 8.44. The topological polar surface area (TPSA) is 113 Å². The van der Waals surface area contributed by atoms with E-state index in [1.807, 2.05) is 0 Å². The van der Waals surface area contributed by atoms with Crippen LogP contribution in [0.3, 0.4) is 0 Å². The van der Waals surface area contributed by atoms with E-state index < -0.39 is 58.0 Å². The Kier molecular flexibility index (Phi) is 2.99. The van der Waals surface area contributed by atoms with Gasteiger partial charge >= 0.3 is 11.9 Å². The van der Waals surface area contributed by atoms with Gasteiger partial charge in [-0.1, -0.05) is 12.7 Å². The molecule has 1 saturated heterocycles. The number of hydrogen-bond acceptors (Lipinski definition) is 7. The fourth-order valence-corrected chi connectivity index (χ4v) is 7.27. The number of aliphatic hydroxyl groups is 3. The summed E-state index contributed by atoms with van der Waals surface area (Å²) in [5.74, 6) is -3.05. The molecular weight excluding hydrogens is 352 g/mol. The Morgan fingerprint density at radius 1 is 1.41 bits per heavy atom.